The van der Waals surface area contributed by atoms with E-state index in [-0.39, 0.29) is 12.4 Å². The van der Waals surface area contributed by atoms with Gasteiger partial charge >= 0.3 is 11.6 Å². The van der Waals surface area contributed by atoms with E-state index < -0.39 is 11.6 Å². The number of aryl methyl sites for hydroxylation is 2. The highest BCUT2D eigenvalue weighted by Crippen LogP contribution is 2.25. The van der Waals surface area contributed by atoms with Gasteiger partial charge in [0.25, 0.3) is 0 Å². The van der Waals surface area contributed by atoms with Crippen LogP contribution in [0.4, 0.5) is 0 Å². The average molecular weight is 359 g/mol. The van der Waals surface area contributed by atoms with E-state index in [0.717, 1.165) is 16.5 Å². The number of hydrogen-bond donors (Lipinski definition) is 0. The van der Waals surface area contributed by atoms with Gasteiger partial charge in [0.15, 0.2) is 6.61 Å². The molecule has 0 amide bonds. The summed E-state index contributed by atoms with van der Waals surface area (Å²) in [7, 11) is 0. The Morgan fingerprint density at radius 1 is 1.12 bits per heavy atom. The molecule has 0 aliphatic carbocycles. The first-order chi connectivity index (χ1) is 11.9. The molecule has 0 fully saturated rings. The van der Waals surface area contributed by atoms with Crippen molar-refractivity contribution >= 4 is 28.5 Å². The van der Waals surface area contributed by atoms with Crippen LogP contribution in [0.5, 0.6) is 11.5 Å². The molecule has 3 aromatic rings. The van der Waals surface area contributed by atoms with Crippen molar-refractivity contribution in [1.82, 2.24) is 0 Å². The molecular formula is C19H15ClO5. The fourth-order valence-electron chi connectivity index (χ4n) is 2.39. The average Bonchev–Trinajstić information content (AvgIpc) is 2.55. The SMILES string of the molecule is Cc1ccc(Cl)c(OCC(=O)Oc2ccc3c(C)cc(=O)oc3c2)c1. The summed E-state index contributed by atoms with van der Waals surface area (Å²) in [4.78, 5) is 23.4. The van der Waals surface area contributed by atoms with E-state index in [1.807, 2.05) is 19.9 Å². The normalized spacial score (nSPS) is 10.7. The second-order valence-corrected chi connectivity index (χ2v) is 6.01. The van der Waals surface area contributed by atoms with Crippen LogP contribution in [0, 0.1) is 13.8 Å². The lowest BCUT2D eigenvalue weighted by atomic mass is 10.1. The van der Waals surface area contributed by atoms with Crippen LogP contribution in [0.3, 0.4) is 0 Å². The lowest BCUT2D eigenvalue weighted by Crippen LogP contribution is -2.17. The molecule has 1 heterocycles. The highest BCUT2D eigenvalue weighted by atomic mass is 35.5. The van der Waals surface area contributed by atoms with Gasteiger partial charge in [0.05, 0.1) is 5.02 Å². The Kier molecular flexibility index (Phi) is 4.76. The lowest BCUT2D eigenvalue weighted by Gasteiger charge is -2.09. The molecule has 0 saturated carbocycles. The molecule has 0 spiro atoms. The van der Waals surface area contributed by atoms with E-state index in [4.69, 9.17) is 25.5 Å². The summed E-state index contributed by atoms with van der Waals surface area (Å²) in [5.74, 6) is 0.0934. The van der Waals surface area contributed by atoms with Gasteiger partial charge in [-0.25, -0.2) is 9.59 Å². The Morgan fingerprint density at radius 3 is 2.72 bits per heavy atom. The van der Waals surface area contributed by atoms with E-state index >= 15 is 0 Å². The van der Waals surface area contributed by atoms with Gasteiger partial charge in [0, 0.05) is 17.5 Å². The van der Waals surface area contributed by atoms with Crippen LogP contribution in [0.1, 0.15) is 11.1 Å². The largest absolute Gasteiger partial charge is 0.480 e. The first kappa shape index (κ1) is 17.0. The second kappa shape index (κ2) is 6.99. The summed E-state index contributed by atoms with van der Waals surface area (Å²) < 4.78 is 15.7. The molecule has 128 valence electrons. The van der Waals surface area contributed by atoms with E-state index in [1.54, 1.807) is 24.3 Å². The highest BCUT2D eigenvalue weighted by molar-refractivity contribution is 6.32. The minimum absolute atomic E-state index is 0.269. The predicted molar refractivity (Wildman–Crippen MR) is 94.5 cm³/mol. The van der Waals surface area contributed by atoms with Gasteiger partial charge in [-0.2, -0.15) is 0 Å². The maximum absolute atomic E-state index is 12.0. The summed E-state index contributed by atoms with van der Waals surface area (Å²) in [5.41, 5.74) is 1.66. The zero-order valence-corrected chi connectivity index (χ0v) is 14.4. The van der Waals surface area contributed by atoms with Gasteiger partial charge < -0.3 is 13.9 Å². The number of esters is 1. The van der Waals surface area contributed by atoms with Crippen molar-refractivity contribution in [3.05, 3.63) is 69.0 Å². The minimum atomic E-state index is -0.591. The summed E-state index contributed by atoms with van der Waals surface area (Å²) in [6.45, 7) is 3.41. The summed E-state index contributed by atoms with van der Waals surface area (Å²) in [6, 6.07) is 11.6. The molecule has 25 heavy (non-hydrogen) atoms. The van der Waals surface area contributed by atoms with Crippen LogP contribution < -0.4 is 15.1 Å². The third-order valence-corrected chi connectivity index (χ3v) is 3.90. The number of benzene rings is 2. The van der Waals surface area contributed by atoms with Gasteiger partial charge in [-0.15, -0.1) is 0 Å². The second-order valence-electron chi connectivity index (χ2n) is 5.60. The van der Waals surface area contributed by atoms with Gasteiger partial charge in [-0.1, -0.05) is 17.7 Å². The number of rotatable bonds is 4. The molecule has 0 radical (unpaired) electrons. The monoisotopic (exact) mass is 358 g/mol. The Balaban J connectivity index is 1.71. The zero-order valence-electron chi connectivity index (χ0n) is 13.7. The summed E-state index contributed by atoms with van der Waals surface area (Å²) in [5, 5.41) is 1.20. The van der Waals surface area contributed by atoms with Gasteiger partial charge in [0.2, 0.25) is 0 Å². The Hall–Kier alpha value is -2.79. The maximum atomic E-state index is 12.0. The standard InChI is InChI=1S/C19H15ClO5/c1-11-3-6-15(20)17(7-11)23-10-19(22)24-13-4-5-14-12(2)8-18(21)25-16(14)9-13/h3-9H,10H2,1-2H3. The first-order valence-corrected chi connectivity index (χ1v) is 7.94. The van der Waals surface area contributed by atoms with Crippen molar-refractivity contribution < 1.29 is 18.7 Å². The Morgan fingerprint density at radius 2 is 1.92 bits per heavy atom. The van der Waals surface area contributed by atoms with Crippen molar-refractivity contribution in [3.8, 4) is 11.5 Å². The van der Waals surface area contributed by atoms with Crippen LogP contribution in [-0.4, -0.2) is 12.6 Å². The van der Waals surface area contributed by atoms with Crippen LogP contribution in [0.15, 0.2) is 51.7 Å². The summed E-state index contributed by atoms with van der Waals surface area (Å²) >= 11 is 6.02. The quantitative estimate of drug-likeness (QED) is 0.400. The number of ether oxygens (including phenoxy) is 2. The predicted octanol–water partition coefficient (Wildman–Crippen LogP) is 4.05. The summed E-state index contributed by atoms with van der Waals surface area (Å²) in [6.07, 6.45) is 0. The molecule has 1 aromatic heterocycles. The van der Waals surface area contributed by atoms with Crippen molar-refractivity contribution in [2.75, 3.05) is 6.61 Å². The van der Waals surface area contributed by atoms with Crippen molar-refractivity contribution in [2.24, 2.45) is 0 Å². The van der Waals surface area contributed by atoms with Crippen LogP contribution in [-0.2, 0) is 4.79 Å². The lowest BCUT2D eigenvalue weighted by molar-refractivity contribution is -0.136. The third kappa shape index (κ3) is 4.00. The van der Waals surface area contributed by atoms with Crippen molar-refractivity contribution in [1.29, 1.82) is 0 Å². The fourth-order valence-corrected chi connectivity index (χ4v) is 2.56. The number of carbonyl (C=O) groups is 1. The van der Waals surface area contributed by atoms with Crippen molar-refractivity contribution in [2.45, 2.75) is 13.8 Å². The van der Waals surface area contributed by atoms with E-state index in [2.05, 4.69) is 0 Å². The molecule has 0 N–H and O–H groups in total. The topological polar surface area (TPSA) is 65.7 Å². The molecule has 0 unspecified atom stereocenters. The molecule has 3 rings (SSSR count). The Labute approximate surface area is 148 Å². The molecular weight excluding hydrogens is 344 g/mol. The molecule has 5 nitrogen and oxygen atoms in total. The molecule has 0 atom stereocenters. The molecule has 0 aliphatic rings. The van der Waals surface area contributed by atoms with Gasteiger partial charge in [-0.05, 0) is 49.2 Å². The minimum Gasteiger partial charge on any atom is -0.480 e. The number of halogens is 1. The smallest absolute Gasteiger partial charge is 0.349 e. The van der Waals surface area contributed by atoms with Gasteiger partial charge in [0.1, 0.15) is 17.1 Å². The van der Waals surface area contributed by atoms with E-state index in [9.17, 15) is 9.59 Å². The van der Waals surface area contributed by atoms with E-state index in [0.29, 0.717) is 16.4 Å². The maximum Gasteiger partial charge on any atom is 0.349 e. The van der Waals surface area contributed by atoms with Crippen molar-refractivity contribution in [3.63, 3.8) is 0 Å². The van der Waals surface area contributed by atoms with Crippen LogP contribution in [0.2, 0.25) is 5.02 Å². The molecule has 6 heteroatoms. The van der Waals surface area contributed by atoms with E-state index in [1.165, 1.54) is 12.1 Å². The number of carbonyl (C=O) groups excluding carboxylic acids is 1. The van der Waals surface area contributed by atoms with Crippen LogP contribution in [0.25, 0.3) is 11.0 Å². The zero-order chi connectivity index (χ0) is 18.0. The molecule has 0 saturated heterocycles. The third-order valence-electron chi connectivity index (χ3n) is 3.59. The molecule has 0 aliphatic heterocycles. The number of fused-ring (bicyclic) bond motifs is 1. The number of hydrogen-bond acceptors (Lipinski definition) is 5. The first-order valence-electron chi connectivity index (χ1n) is 7.56. The highest BCUT2D eigenvalue weighted by Gasteiger charge is 2.10. The fraction of sp³-hybridized carbons (Fsp3) is 0.158. The van der Waals surface area contributed by atoms with Gasteiger partial charge in [-0.3, -0.25) is 0 Å². The van der Waals surface area contributed by atoms with Crippen LogP contribution >= 0.6 is 11.6 Å². The Bertz CT molecular complexity index is 1010. The molecule has 0 bridgehead atoms. The molecule has 2 aromatic carbocycles.